The van der Waals surface area contributed by atoms with Crippen LogP contribution in [0.4, 0.5) is 5.69 Å². The van der Waals surface area contributed by atoms with Crippen molar-refractivity contribution in [3.63, 3.8) is 0 Å². The first kappa shape index (κ1) is 27.5. The maximum Gasteiger partial charge on any atom is 0.279 e. The normalized spacial score (nSPS) is 11.7. The van der Waals surface area contributed by atoms with Crippen LogP contribution in [0.15, 0.2) is 65.0 Å². The van der Waals surface area contributed by atoms with E-state index in [1.807, 2.05) is 22.8 Å². The van der Waals surface area contributed by atoms with Gasteiger partial charge in [0, 0.05) is 50.7 Å². The second-order valence-corrected chi connectivity index (χ2v) is 10.8. The zero-order valence-corrected chi connectivity index (χ0v) is 21.7. The van der Waals surface area contributed by atoms with Gasteiger partial charge in [-0.25, -0.2) is 8.42 Å². The van der Waals surface area contributed by atoms with E-state index in [9.17, 15) is 18.0 Å². The van der Waals surface area contributed by atoms with Gasteiger partial charge < -0.3 is 9.88 Å². The van der Waals surface area contributed by atoms with Crippen LogP contribution in [0, 0.1) is 22.7 Å². The summed E-state index contributed by atoms with van der Waals surface area (Å²) in [5.41, 5.74) is 1.64. The molecule has 3 rings (SSSR count). The number of anilines is 1. The van der Waals surface area contributed by atoms with E-state index in [0.717, 1.165) is 14.5 Å². The summed E-state index contributed by atoms with van der Waals surface area (Å²) in [4.78, 5) is 29.0. The lowest BCUT2D eigenvalue weighted by Gasteiger charge is -2.20. The minimum atomic E-state index is -3.94. The Bertz CT molecular complexity index is 1570. The highest BCUT2D eigenvalue weighted by molar-refractivity contribution is 7.89. The maximum atomic E-state index is 13.0. The first-order valence-electron chi connectivity index (χ1n) is 11.2. The van der Waals surface area contributed by atoms with Gasteiger partial charge in [-0.1, -0.05) is 17.4 Å². The number of rotatable bonds is 10. The molecule has 10 nitrogen and oxygen atoms in total. The Morgan fingerprint density at radius 1 is 1.14 bits per heavy atom. The number of nitrogens with one attached hydrogen (secondary N) is 1. The molecule has 0 unspecified atom stereocenters. The average Bonchev–Trinajstić information content (AvgIpc) is 3.19. The Balaban J connectivity index is 1.94. The molecule has 0 bridgehead atoms. The van der Waals surface area contributed by atoms with Crippen molar-refractivity contribution < 1.29 is 18.0 Å². The van der Waals surface area contributed by atoms with E-state index in [-0.39, 0.29) is 42.3 Å². The lowest BCUT2D eigenvalue weighted by molar-refractivity contribution is -0.114. The third kappa shape index (κ3) is 6.57. The fraction of sp³-hybridized carbons (Fsp3) is 0.240. The molecule has 37 heavy (non-hydrogen) atoms. The quantitative estimate of drug-likeness (QED) is 0.393. The molecule has 0 aliphatic rings. The molecular weight excluding hydrogens is 512 g/mol. The Kier molecular flexibility index (Phi) is 9.09. The summed E-state index contributed by atoms with van der Waals surface area (Å²) < 4.78 is 29.7. The zero-order valence-electron chi connectivity index (χ0n) is 20.0. The molecule has 0 aliphatic heterocycles. The van der Waals surface area contributed by atoms with E-state index in [1.165, 1.54) is 42.5 Å². The number of amides is 2. The van der Waals surface area contributed by atoms with Gasteiger partial charge in [0.2, 0.25) is 15.9 Å². The summed E-state index contributed by atoms with van der Waals surface area (Å²) in [6.45, 7) is 5.53. The Morgan fingerprint density at radius 3 is 2.35 bits per heavy atom. The van der Waals surface area contributed by atoms with Crippen molar-refractivity contribution >= 4 is 49.1 Å². The van der Waals surface area contributed by atoms with E-state index in [1.54, 1.807) is 18.2 Å². The topological polar surface area (TPSA) is 148 Å². The van der Waals surface area contributed by atoms with Gasteiger partial charge in [0.25, 0.3) is 5.91 Å². The van der Waals surface area contributed by atoms with Gasteiger partial charge in [0.05, 0.1) is 27.3 Å². The number of benzene rings is 2. The molecule has 0 saturated heterocycles. The summed E-state index contributed by atoms with van der Waals surface area (Å²) in [6, 6.07) is 14.6. The highest BCUT2D eigenvalue weighted by atomic mass is 32.2. The van der Waals surface area contributed by atoms with Crippen LogP contribution in [0.5, 0.6) is 0 Å². The van der Waals surface area contributed by atoms with Crippen LogP contribution in [0.3, 0.4) is 0 Å². The highest BCUT2D eigenvalue weighted by Crippen LogP contribution is 2.23. The second-order valence-electron chi connectivity index (χ2n) is 7.81. The van der Waals surface area contributed by atoms with E-state index in [4.69, 9.17) is 10.5 Å². The molecule has 0 fully saturated rings. The van der Waals surface area contributed by atoms with Crippen LogP contribution in [0.25, 0.3) is 10.2 Å². The second kappa shape index (κ2) is 12.2. The number of hydrogen-bond donors (Lipinski definition) is 1. The van der Waals surface area contributed by atoms with Crippen molar-refractivity contribution in [3.05, 3.63) is 65.5 Å². The number of sulfonamides is 1. The molecule has 0 spiro atoms. The first-order valence-corrected chi connectivity index (χ1v) is 13.4. The Labute approximate surface area is 218 Å². The molecule has 1 aromatic heterocycles. The average molecular weight is 537 g/mol. The van der Waals surface area contributed by atoms with Crippen LogP contribution >= 0.6 is 11.3 Å². The molecule has 0 radical (unpaired) electrons. The lowest BCUT2D eigenvalue weighted by atomic mass is 10.2. The SMILES string of the molecule is C=CCn1c(=NC(=O)c2ccc(S(=O)(=O)N(CCC#N)CCC#N)cc2)sc2cc(NC(C)=O)ccc21. The summed E-state index contributed by atoms with van der Waals surface area (Å²) in [5.74, 6) is -0.750. The summed E-state index contributed by atoms with van der Waals surface area (Å²) in [5, 5.41) is 20.4. The standard InChI is InChI=1S/C25H24N6O4S2/c1-3-14-31-22-11-8-20(28-18(2)32)17-23(22)36-25(31)29-24(33)19-6-9-21(10-7-19)37(34,35)30(15-4-12-26)16-5-13-27/h3,6-11,17H,1,4-5,14-16H2,2H3,(H,28,32). The smallest absolute Gasteiger partial charge is 0.279 e. The predicted molar refractivity (Wildman–Crippen MR) is 140 cm³/mol. The van der Waals surface area contributed by atoms with Crippen molar-refractivity contribution in [2.24, 2.45) is 4.99 Å². The first-order chi connectivity index (χ1) is 17.7. The van der Waals surface area contributed by atoms with Crippen molar-refractivity contribution in [1.29, 1.82) is 10.5 Å². The Morgan fingerprint density at radius 2 is 1.78 bits per heavy atom. The van der Waals surface area contributed by atoms with Crippen LogP contribution in [-0.4, -0.2) is 42.2 Å². The number of nitriles is 2. The Hall–Kier alpha value is -4.10. The van der Waals surface area contributed by atoms with Gasteiger partial charge in [-0.2, -0.15) is 19.8 Å². The van der Waals surface area contributed by atoms with Gasteiger partial charge in [-0.3, -0.25) is 9.59 Å². The number of carbonyl (C=O) groups excluding carboxylic acids is 2. The number of allylic oxidation sites excluding steroid dienone is 1. The van der Waals surface area contributed by atoms with Crippen molar-refractivity contribution in [2.75, 3.05) is 18.4 Å². The van der Waals surface area contributed by atoms with Gasteiger partial charge in [-0.05, 0) is 42.5 Å². The molecule has 2 amide bonds. The van der Waals surface area contributed by atoms with Crippen molar-refractivity contribution in [2.45, 2.75) is 31.2 Å². The fourth-order valence-electron chi connectivity index (χ4n) is 3.52. The summed E-state index contributed by atoms with van der Waals surface area (Å²) in [6.07, 6.45) is 1.67. The molecule has 0 aliphatic carbocycles. The van der Waals surface area contributed by atoms with Crippen molar-refractivity contribution in [3.8, 4) is 12.1 Å². The van der Waals surface area contributed by atoms with E-state index < -0.39 is 15.9 Å². The third-order valence-electron chi connectivity index (χ3n) is 5.20. The number of hydrogen-bond acceptors (Lipinski definition) is 7. The minimum absolute atomic E-state index is 0.00765. The molecule has 0 atom stereocenters. The summed E-state index contributed by atoms with van der Waals surface area (Å²) in [7, 11) is -3.94. The lowest BCUT2D eigenvalue weighted by Crippen LogP contribution is -2.32. The summed E-state index contributed by atoms with van der Waals surface area (Å²) >= 11 is 1.28. The van der Waals surface area contributed by atoms with E-state index >= 15 is 0 Å². The molecular formula is C25H24N6O4S2. The molecule has 1 heterocycles. The maximum absolute atomic E-state index is 13.0. The van der Waals surface area contributed by atoms with Gasteiger partial charge in [0.15, 0.2) is 4.80 Å². The molecule has 12 heteroatoms. The van der Waals surface area contributed by atoms with E-state index in [2.05, 4.69) is 16.9 Å². The molecule has 0 saturated carbocycles. The van der Waals surface area contributed by atoms with Crippen LogP contribution in [-0.2, 0) is 21.4 Å². The molecule has 3 aromatic rings. The third-order valence-corrected chi connectivity index (χ3v) is 8.15. The zero-order chi connectivity index (χ0) is 27.0. The van der Waals surface area contributed by atoms with E-state index in [0.29, 0.717) is 17.0 Å². The molecule has 1 N–H and O–H groups in total. The van der Waals surface area contributed by atoms with Crippen molar-refractivity contribution in [1.82, 2.24) is 8.87 Å². The fourth-order valence-corrected chi connectivity index (χ4v) is 6.04. The highest BCUT2D eigenvalue weighted by Gasteiger charge is 2.24. The van der Waals surface area contributed by atoms with Crippen LogP contribution in [0.2, 0.25) is 0 Å². The molecule has 2 aromatic carbocycles. The van der Waals surface area contributed by atoms with Gasteiger partial charge >= 0.3 is 0 Å². The number of thiazole rings is 1. The number of nitrogens with zero attached hydrogens (tertiary/aromatic N) is 5. The van der Waals surface area contributed by atoms with Gasteiger partial charge in [0.1, 0.15) is 0 Å². The molecule has 190 valence electrons. The minimum Gasteiger partial charge on any atom is -0.326 e. The van der Waals surface area contributed by atoms with Gasteiger partial charge in [-0.15, -0.1) is 6.58 Å². The van der Waals surface area contributed by atoms with Crippen LogP contribution in [0.1, 0.15) is 30.1 Å². The number of aromatic nitrogens is 1. The number of carbonyl (C=O) groups is 2. The largest absolute Gasteiger partial charge is 0.326 e. The number of fused-ring (bicyclic) bond motifs is 1. The monoisotopic (exact) mass is 536 g/mol. The van der Waals surface area contributed by atoms with Crippen LogP contribution < -0.4 is 10.1 Å². The predicted octanol–water partition coefficient (Wildman–Crippen LogP) is 3.41.